The van der Waals surface area contributed by atoms with Crippen molar-refractivity contribution in [3.05, 3.63) is 376 Å². The molecule has 98 heavy (non-hydrogen) atoms. The zero-order valence-electron chi connectivity index (χ0n) is 53.6. The normalized spacial score (nSPS) is 11.7. The molecule has 19 aromatic rings. The van der Waals surface area contributed by atoms with Crippen LogP contribution in [0.25, 0.3) is 143 Å². The van der Waals surface area contributed by atoms with Gasteiger partial charge in [-0.3, -0.25) is 0 Å². The van der Waals surface area contributed by atoms with E-state index in [0.29, 0.717) is 0 Å². The van der Waals surface area contributed by atoms with Crippen molar-refractivity contribution in [2.45, 2.75) is 0 Å². The Labute approximate surface area is 568 Å². The maximum absolute atomic E-state index is 2.48. The van der Waals surface area contributed by atoms with E-state index in [1.54, 1.807) is 0 Å². The van der Waals surface area contributed by atoms with Gasteiger partial charge >= 0.3 is 0 Å². The summed E-state index contributed by atoms with van der Waals surface area (Å²) in [5.74, 6) is 0. The van der Waals surface area contributed by atoms with Crippen molar-refractivity contribution in [1.29, 1.82) is 0 Å². The molecule has 0 N–H and O–H groups in total. The molecule has 0 atom stereocenters. The van der Waals surface area contributed by atoms with E-state index in [2.05, 4.69) is 395 Å². The SMILES string of the molecule is c1ccc(-c2ccc(-n3c4ccc(-c5cccc6ccccc56)cc4c4cc(N(c5cccc(N(c6ccc7c(c6)c6cc(-c8cccc9ccccc89)ccc6n7-c6ccc(-c7ccccc7)cc6)c6cccc7ccccc67)c5)c5cccc6ccccc56)ccc43)cc2)cc1. The molecule has 19 rings (SSSR count). The third-order valence-electron chi connectivity index (χ3n) is 20.0. The number of benzene rings is 17. The van der Waals surface area contributed by atoms with E-state index in [1.807, 2.05) is 0 Å². The first-order valence-electron chi connectivity index (χ1n) is 33.7. The highest BCUT2D eigenvalue weighted by Gasteiger charge is 2.25. The fourth-order valence-corrected chi connectivity index (χ4v) is 15.4. The van der Waals surface area contributed by atoms with Gasteiger partial charge in [0.25, 0.3) is 0 Å². The molecule has 2 aromatic heterocycles. The molecular weight excluding hydrogens is 1190 g/mol. The van der Waals surface area contributed by atoms with Gasteiger partial charge in [0, 0.05) is 66.4 Å². The van der Waals surface area contributed by atoms with Crippen LogP contribution in [-0.2, 0) is 0 Å². The molecule has 458 valence electrons. The average molecular weight is 1250 g/mol. The number of hydrogen-bond acceptors (Lipinski definition) is 2. The number of aromatic nitrogens is 2. The first kappa shape index (κ1) is 56.5. The molecule has 0 aliphatic heterocycles. The van der Waals surface area contributed by atoms with E-state index >= 15 is 0 Å². The van der Waals surface area contributed by atoms with Crippen LogP contribution in [0.5, 0.6) is 0 Å². The van der Waals surface area contributed by atoms with Gasteiger partial charge in [0.1, 0.15) is 0 Å². The van der Waals surface area contributed by atoms with Crippen molar-refractivity contribution in [2.75, 3.05) is 9.80 Å². The predicted molar refractivity (Wildman–Crippen MR) is 416 cm³/mol. The summed E-state index contributed by atoms with van der Waals surface area (Å²) in [6, 6.07) is 139. The molecule has 0 amide bonds. The molecule has 17 aromatic carbocycles. The quantitative estimate of drug-likeness (QED) is 0.121. The highest BCUT2D eigenvalue weighted by molar-refractivity contribution is 6.15. The van der Waals surface area contributed by atoms with Crippen LogP contribution in [0.4, 0.5) is 34.1 Å². The Morgan fingerprint density at radius 2 is 0.469 bits per heavy atom. The van der Waals surface area contributed by atoms with Gasteiger partial charge in [0.2, 0.25) is 0 Å². The van der Waals surface area contributed by atoms with Crippen molar-refractivity contribution in [1.82, 2.24) is 9.13 Å². The Kier molecular flexibility index (Phi) is 13.5. The maximum atomic E-state index is 2.48. The van der Waals surface area contributed by atoms with Gasteiger partial charge in [-0.2, -0.15) is 0 Å². The standard InChI is InChI=1S/C94H62N4/c1-3-20-63(21-4-1)65-42-48-73(49-43-65)97-91-54-46-71(81-38-15-28-67-24-7-11-34-79(67)81)58-85(91)87-61-77(52-56-93(87)97)95(89-40-17-30-69-26-9-13-36-83(69)89)75-32-19-33-76(60-75)96(90-41-18-31-70-27-10-14-37-84(70)90)78-53-57-94-88(62-78)86-59-72(82-39-16-29-68-25-8-12-35-80(68)82)47-55-92(86)98(94)74-50-44-66(45-51-74)64-22-5-2-6-23-64/h1-62H. The molecule has 0 unspecified atom stereocenters. The molecule has 0 fully saturated rings. The molecule has 0 aliphatic rings. The molecule has 0 aliphatic carbocycles. The second-order valence-electron chi connectivity index (χ2n) is 25.6. The molecule has 0 radical (unpaired) electrons. The summed E-state index contributed by atoms with van der Waals surface area (Å²) in [6.45, 7) is 0. The minimum atomic E-state index is 1.02. The fourth-order valence-electron chi connectivity index (χ4n) is 15.4. The first-order chi connectivity index (χ1) is 48.6. The Balaban J connectivity index is 0.820. The number of hydrogen-bond donors (Lipinski definition) is 0. The van der Waals surface area contributed by atoms with Crippen molar-refractivity contribution >= 4 is 121 Å². The van der Waals surface area contributed by atoms with Crippen LogP contribution < -0.4 is 9.80 Å². The Bertz CT molecular complexity index is 5900. The van der Waals surface area contributed by atoms with Gasteiger partial charge in [-0.1, -0.05) is 261 Å². The highest BCUT2D eigenvalue weighted by Crippen LogP contribution is 2.48. The summed E-state index contributed by atoms with van der Waals surface area (Å²) >= 11 is 0. The second kappa shape index (κ2) is 23.5. The monoisotopic (exact) mass is 1250 g/mol. The Morgan fingerprint density at radius 1 is 0.173 bits per heavy atom. The van der Waals surface area contributed by atoms with Crippen LogP contribution >= 0.6 is 0 Å². The number of rotatable bonds is 12. The second-order valence-corrected chi connectivity index (χ2v) is 25.6. The van der Waals surface area contributed by atoms with Crippen LogP contribution in [0.15, 0.2) is 376 Å². The topological polar surface area (TPSA) is 16.3 Å². The van der Waals surface area contributed by atoms with Crippen LogP contribution in [0.2, 0.25) is 0 Å². The van der Waals surface area contributed by atoms with E-state index in [-0.39, 0.29) is 0 Å². The fraction of sp³-hybridized carbons (Fsp3) is 0. The van der Waals surface area contributed by atoms with Gasteiger partial charge in [0.05, 0.1) is 33.4 Å². The Hall–Kier alpha value is -13.0. The summed E-state index contributed by atoms with van der Waals surface area (Å²) in [4.78, 5) is 4.96. The zero-order chi connectivity index (χ0) is 64.6. The summed E-state index contributed by atoms with van der Waals surface area (Å²) in [5.41, 5.74) is 22.6. The van der Waals surface area contributed by atoms with Crippen molar-refractivity contribution in [3.8, 4) is 55.9 Å². The van der Waals surface area contributed by atoms with Crippen molar-refractivity contribution in [2.24, 2.45) is 0 Å². The van der Waals surface area contributed by atoms with Crippen molar-refractivity contribution < 1.29 is 0 Å². The van der Waals surface area contributed by atoms with Crippen LogP contribution in [0.3, 0.4) is 0 Å². The van der Waals surface area contributed by atoms with Gasteiger partial charge < -0.3 is 18.9 Å². The number of nitrogens with zero attached hydrogens (tertiary/aromatic N) is 4. The minimum absolute atomic E-state index is 1.02. The summed E-state index contributed by atoms with van der Waals surface area (Å²) in [7, 11) is 0. The third-order valence-corrected chi connectivity index (χ3v) is 20.0. The molecule has 0 bridgehead atoms. The van der Waals surface area contributed by atoms with E-state index < -0.39 is 0 Å². The molecule has 0 saturated heterocycles. The summed E-state index contributed by atoms with van der Waals surface area (Å²) < 4.78 is 4.89. The molecule has 4 heteroatoms. The molecule has 2 heterocycles. The van der Waals surface area contributed by atoms with Crippen molar-refractivity contribution in [3.63, 3.8) is 0 Å². The minimum Gasteiger partial charge on any atom is -0.310 e. The molecule has 0 spiro atoms. The first-order valence-corrected chi connectivity index (χ1v) is 33.7. The van der Waals surface area contributed by atoms with E-state index in [1.165, 1.54) is 87.6 Å². The van der Waals surface area contributed by atoms with Crippen LogP contribution in [-0.4, -0.2) is 9.13 Å². The van der Waals surface area contributed by atoms with E-state index in [0.717, 1.165) is 89.1 Å². The summed E-state index contributed by atoms with van der Waals surface area (Å²) in [5, 5.41) is 14.2. The molecule has 4 nitrogen and oxygen atoms in total. The summed E-state index contributed by atoms with van der Waals surface area (Å²) in [6.07, 6.45) is 0. The lowest BCUT2D eigenvalue weighted by molar-refractivity contribution is 1.18. The number of anilines is 6. The molecule has 0 saturated carbocycles. The van der Waals surface area contributed by atoms with E-state index in [9.17, 15) is 0 Å². The third kappa shape index (κ3) is 9.60. The predicted octanol–water partition coefficient (Wildman–Crippen LogP) is 26.1. The van der Waals surface area contributed by atoms with Gasteiger partial charge in [0.15, 0.2) is 0 Å². The zero-order valence-corrected chi connectivity index (χ0v) is 53.6. The lowest BCUT2D eigenvalue weighted by Crippen LogP contribution is -2.14. The average Bonchev–Trinajstić information content (AvgIpc) is 1.53. The van der Waals surface area contributed by atoms with E-state index in [4.69, 9.17) is 0 Å². The van der Waals surface area contributed by atoms with Crippen LogP contribution in [0, 0.1) is 0 Å². The van der Waals surface area contributed by atoms with Gasteiger partial charge in [-0.25, -0.2) is 0 Å². The smallest absolute Gasteiger partial charge is 0.0542 e. The lowest BCUT2D eigenvalue weighted by atomic mass is 9.97. The highest BCUT2D eigenvalue weighted by atomic mass is 15.2. The molecular formula is C94H62N4. The maximum Gasteiger partial charge on any atom is 0.0542 e. The van der Waals surface area contributed by atoms with Gasteiger partial charge in [-0.15, -0.1) is 0 Å². The van der Waals surface area contributed by atoms with Gasteiger partial charge in [-0.05, 0) is 192 Å². The number of fused-ring (bicyclic) bond motifs is 10. The Morgan fingerprint density at radius 3 is 0.888 bits per heavy atom. The largest absolute Gasteiger partial charge is 0.310 e. The lowest BCUT2D eigenvalue weighted by Gasteiger charge is -2.30. The van der Waals surface area contributed by atoms with Crippen LogP contribution in [0.1, 0.15) is 0 Å².